The van der Waals surface area contributed by atoms with Gasteiger partial charge in [-0.1, -0.05) is 38.1 Å². The number of aliphatic imine (C=N–C) groups is 1. The molecule has 0 atom stereocenters. The molecule has 2 aromatic rings. The van der Waals surface area contributed by atoms with Gasteiger partial charge in [0.25, 0.3) is 0 Å². The van der Waals surface area contributed by atoms with Crippen LogP contribution in [0.4, 0.5) is 5.69 Å². The smallest absolute Gasteiger partial charge is 0.193 e. The van der Waals surface area contributed by atoms with Crippen LogP contribution in [0, 0.1) is 6.92 Å². The van der Waals surface area contributed by atoms with E-state index in [-0.39, 0.29) is 0 Å². The molecule has 0 heterocycles. The highest BCUT2D eigenvalue weighted by Gasteiger charge is 2.04. The molecule has 0 saturated carbocycles. The Morgan fingerprint density at radius 1 is 1.22 bits per heavy atom. The van der Waals surface area contributed by atoms with Gasteiger partial charge >= 0.3 is 0 Å². The number of hydrogen-bond acceptors (Lipinski definition) is 2. The highest BCUT2D eigenvalue weighted by atomic mass is 16.5. The minimum atomic E-state index is 0.397. The SMILES string of the molecule is COc1cc(C)ccc1CN=C(N)Nc1cccc(C(C)C)c1. The molecule has 0 radical (unpaired) electrons. The first-order chi connectivity index (χ1) is 11.0. The molecule has 0 spiro atoms. The van der Waals surface area contributed by atoms with Gasteiger partial charge in [-0.3, -0.25) is 0 Å². The second kappa shape index (κ2) is 7.68. The Hall–Kier alpha value is -2.49. The number of hydrogen-bond donors (Lipinski definition) is 2. The number of aryl methyl sites for hydroxylation is 1. The monoisotopic (exact) mass is 311 g/mol. The molecule has 0 aliphatic carbocycles. The van der Waals surface area contributed by atoms with Crippen LogP contribution in [0.1, 0.15) is 36.5 Å². The highest BCUT2D eigenvalue weighted by Crippen LogP contribution is 2.21. The van der Waals surface area contributed by atoms with E-state index in [2.05, 4.69) is 36.3 Å². The maximum Gasteiger partial charge on any atom is 0.193 e. The summed E-state index contributed by atoms with van der Waals surface area (Å²) in [5.74, 6) is 1.71. The van der Waals surface area contributed by atoms with Crippen LogP contribution in [0.25, 0.3) is 0 Å². The lowest BCUT2D eigenvalue weighted by Crippen LogP contribution is -2.22. The molecule has 0 aliphatic heterocycles. The van der Waals surface area contributed by atoms with E-state index >= 15 is 0 Å². The minimum Gasteiger partial charge on any atom is -0.496 e. The van der Waals surface area contributed by atoms with Crippen molar-refractivity contribution in [1.82, 2.24) is 0 Å². The van der Waals surface area contributed by atoms with E-state index in [0.29, 0.717) is 18.4 Å². The maximum absolute atomic E-state index is 6.00. The number of nitrogens with one attached hydrogen (secondary N) is 1. The van der Waals surface area contributed by atoms with Gasteiger partial charge < -0.3 is 15.8 Å². The van der Waals surface area contributed by atoms with E-state index in [0.717, 1.165) is 22.6 Å². The molecule has 23 heavy (non-hydrogen) atoms. The number of methoxy groups -OCH3 is 1. The third-order valence-electron chi connectivity index (χ3n) is 3.69. The zero-order valence-corrected chi connectivity index (χ0v) is 14.3. The second-order valence-corrected chi connectivity index (χ2v) is 5.92. The van der Waals surface area contributed by atoms with Gasteiger partial charge in [-0.2, -0.15) is 0 Å². The van der Waals surface area contributed by atoms with Crippen molar-refractivity contribution in [1.29, 1.82) is 0 Å². The lowest BCUT2D eigenvalue weighted by atomic mass is 10.0. The van der Waals surface area contributed by atoms with Crippen LogP contribution < -0.4 is 15.8 Å². The van der Waals surface area contributed by atoms with Gasteiger partial charge in [0.2, 0.25) is 0 Å². The average molecular weight is 311 g/mol. The predicted octanol–water partition coefficient (Wildman–Crippen LogP) is 4.05. The number of benzene rings is 2. The second-order valence-electron chi connectivity index (χ2n) is 5.92. The van der Waals surface area contributed by atoms with Crippen LogP contribution in [0.15, 0.2) is 47.5 Å². The van der Waals surface area contributed by atoms with Crippen molar-refractivity contribution in [2.75, 3.05) is 12.4 Å². The van der Waals surface area contributed by atoms with Gasteiger partial charge in [-0.05, 0) is 42.2 Å². The van der Waals surface area contributed by atoms with Crippen molar-refractivity contribution in [3.05, 3.63) is 59.2 Å². The molecule has 2 aromatic carbocycles. The van der Waals surface area contributed by atoms with Crippen molar-refractivity contribution in [2.24, 2.45) is 10.7 Å². The van der Waals surface area contributed by atoms with Gasteiger partial charge in [0.1, 0.15) is 5.75 Å². The molecule has 0 saturated heterocycles. The summed E-state index contributed by atoms with van der Waals surface area (Å²) in [6.45, 7) is 6.85. The van der Waals surface area contributed by atoms with Gasteiger partial charge in [0, 0.05) is 11.3 Å². The van der Waals surface area contributed by atoms with Gasteiger partial charge in [0.15, 0.2) is 5.96 Å². The summed E-state index contributed by atoms with van der Waals surface area (Å²) in [5, 5.41) is 3.14. The number of anilines is 1. The third kappa shape index (κ3) is 4.74. The molecule has 3 N–H and O–H groups in total. The van der Waals surface area contributed by atoms with Crippen LogP contribution in [-0.4, -0.2) is 13.1 Å². The zero-order chi connectivity index (χ0) is 16.8. The predicted molar refractivity (Wildman–Crippen MR) is 97.2 cm³/mol. The Bertz CT molecular complexity index is 693. The molecule has 0 unspecified atom stereocenters. The van der Waals surface area contributed by atoms with Gasteiger partial charge in [-0.15, -0.1) is 0 Å². The maximum atomic E-state index is 6.00. The van der Waals surface area contributed by atoms with Crippen LogP contribution in [0.2, 0.25) is 0 Å². The van der Waals surface area contributed by atoms with Crippen molar-refractivity contribution >= 4 is 11.6 Å². The van der Waals surface area contributed by atoms with Crippen molar-refractivity contribution in [3.8, 4) is 5.75 Å². The number of nitrogens with two attached hydrogens (primary N) is 1. The van der Waals surface area contributed by atoms with E-state index in [1.165, 1.54) is 5.56 Å². The summed E-state index contributed by atoms with van der Waals surface area (Å²) in [7, 11) is 1.67. The zero-order valence-electron chi connectivity index (χ0n) is 14.3. The molecule has 2 rings (SSSR count). The largest absolute Gasteiger partial charge is 0.496 e. The van der Waals surface area contributed by atoms with E-state index in [4.69, 9.17) is 10.5 Å². The van der Waals surface area contributed by atoms with E-state index in [1.54, 1.807) is 7.11 Å². The minimum absolute atomic E-state index is 0.397. The molecule has 0 amide bonds. The fraction of sp³-hybridized carbons (Fsp3) is 0.316. The lowest BCUT2D eigenvalue weighted by Gasteiger charge is -2.11. The first-order valence-corrected chi connectivity index (χ1v) is 7.80. The Kier molecular flexibility index (Phi) is 5.63. The molecular weight excluding hydrogens is 286 g/mol. The quantitative estimate of drug-likeness (QED) is 0.647. The molecular formula is C19H25N3O. The van der Waals surface area contributed by atoms with E-state index in [1.807, 2.05) is 37.3 Å². The van der Waals surface area contributed by atoms with Crippen molar-refractivity contribution in [3.63, 3.8) is 0 Å². The van der Waals surface area contributed by atoms with Crippen LogP contribution >= 0.6 is 0 Å². The lowest BCUT2D eigenvalue weighted by molar-refractivity contribution is 0.409. The third-order valence-corrected chi connectivity index (χ3v) is 3.69. The summed E-state index contributed by atoms with van der Waals surface area (Å²) in [6.07, 6.45) is 0. The summed E-state index contributed by atoms with van der Waals surface area (Å²) >= 11 is 0. The average Bonchev–Trinajstić information content (AvgIpc) is 2.53. The van der Waals surface area contributed by atoms with Crippen molar-refractivity contribution in [2.45, 2.75) is 33.2 Å². The number of nitrogens with zero attached hydrogens (tertiary/aromatic N) is 1. The summed E-state index contributed by atoms with van der Waals surface area (Å²) < 4.78 is 5.39. The fourth-order valence-corrected chi connectivity index (χ4v) is 2.32. The van der Waals surface area contributed by atoms with Crippen molar-refractivity contribution < 1.29 is 4.74 Å². The molecule has 0 aromatic heterocycles. The molecule has 0 bridgehead atoms. The number of rotatable bonds is 5. The van der Waals surface area contributed by atoms with Gasteiger partial charge in [-0.25, -0.2) is 4.99 Å². The van der Waals surface area contributed by atoms with Crippen LogP contribution in [0.3, 0.4) is 0 Å². The van der Waals surface area contributed by atoms with E-state index in [9.17, 15) is 0 Å². The normalized spacial score (nSPS) is 11.6. The molecule has 4 heteroatoms. The molecule has 0 fully saturated rings. The Morgan fingerprint density at radius 2 is 2.00 bits per heavy atom. The number of ether oxygens (including phenoxy) is 1. The van der Waals surface area contributed by atoms with Gasteiger partial charge in [0.05, 0.1) is 13.7 Å². The summed E-state index contributed by atoms with van der Waals surface area (Å²) in [5.41, 5.74) is 10.4. The molecule has 122 valence electrons. The highest BCUT2D eigenvalue weighted by molar-refractivity contribution is 5.92. The molecule has 4 nitrogen and oxygen atoms in total. The first kappa shape index (κ1) is 16.9. The summed E-state index contributed by atoms with van der Waals surface area (Å²) in [4.78, 5) is 4.41. The first-order valence-electron chi connectivity index (χ1n) is 7.80. The summed E-state index contributed by atoms with van der Waals surface area (Å²) in [6, 6.07) is 14.3. The topological polar surface area (TPSA) is 59.6 Å². The standard InChI is InChI=1S/C19H25N3O/c1-13(2)15-6-5-7-17(11-15)22-19(20)21-12-16-9-8-14(3)10-18(16)23-4/h5-11,13H,12H2,1-4H3,(H3,20,21,22). The van der Waals surface area contributed by atoms with Crippen LogP contribution in [0.5, 0.6) is 5.75 Å². The van der Waals surface area contributed by atoms with E-state index < -0.39 is 0 Å². The Balaban J connectivity index is 2.07. The molecule has 0 aliphatic rings. The Labute approximate surface area is 138 Å². The Morgan fingerprint density at radius 3 is 2.70 bits per heavy atom. The van der Waals surface area contributed by atoms with Crippen LogP contribution in [-0.2, 0) is 6.54 Å². The number of guanidine groups is 1. The fourth-order valence-electron chi connectivity index (χ4n) is 2.32.